The molecule has 0 aromatic rings. The van der Waals surface area contributed by atoms with Crippen molar-refractivity contribution in [2.75, 3.05) is 0 Å². The van der Waals surface area contributed by atoms with E-state index in [0.29, 0.717) is 36.5 Å². The highest BCUT2D eigenvalue weighted by Gasteiger charge is 2.72. The van der Waals surface area contributed by atoms with Gasteiger partial charge in [0.25, 0.3) is 0 Å². The van der Waals surface area contributed by atoms with E-state index in [2.05, 4.69) is 53.4 Å². The number of carbonyl (C=O) groups excluding carboxylic acids is 2. The number of hydrogen-bond donors (Lipinski definition) is 3. The van der Waals surface area contributed by atoms with E-state index in [0.717, 1.165) is 64.2 Å². The summed E-state index contributed by atoms with van der Waals surface area (Å²) in [7, 11) is 0. The maximum absolute atomic E-state index is 14.7. The van der Waals surface area contributed by atoms with Gasteiger partial charge in [0.1, 0.15) is 6.10 Å². The molecule has 296 valence electrons. The second kappa shape index (κ2) is 12.1. The standard InChI is InChI=1S/C45H69NO7/c1-24(2)25-14-19-45(38(52)46-32-23-28(36(49)50)40(32,5)6)21-20-43(10)26(34(25)45)12-13-31-42(9)17-16-33(41(7,8)30(42)15-18-44(31,43)11)53-37(51)29-22-27(35(47)48)39(29,3)4/h25-34H,1,12-23H2,2-11H3,(H,46,52)(H,47,48)(H,49,50)/t25-,26+,27-,28+,29+,30-,31+,32?,33-,34+,42-,43+,44+,45-/m0/s1. The van der Waals surface area contributed by atoms with Crippen LogP contribution in [0.3, 0.4) is 0 Å². The van der Waals surface area contributed by atoms with Gasteiger partial charge in [-0.05, 0) is 141 Å². The minimum absolute atomic E-state index is 0.0739. The Bertz CT molecular complexity index is 1600. The second-order valence-corrected chi connectivity index (χ2v) is 22.1. The number of allylic oxidation sites excluding steroid dienone is 1. The van der Waals surface area contributed by atoms with Crippen LogP contribution in [-0.4, -0.2) is 46.2 Å². The molecule has 0 bridgehead atoms. The zero-order chi connectivity index (χ0) is 39.1. The summed E-state index contributed by atoms with van der Waals surface area (Å²) in [6, 6.07) is -0.119. The lowest BCUT2D eigenvalue weighted by Crippen LogP contribution is -2.68. The van der Waals surface area contributed by atoms with Gasteiger partial charge >= 0.3 is 17.9 Å². The molecule has 1 amide bonds. The van der Waals surface area contributed by atoms with E-state index < -0.39 is 40.0 Å². The Balaban J connectivity index is 1.12. The maximum atomic E-state index is 14.7. The van der Waals surface area contributed by atoms with Gasteiger partial charge in [-0.25, -0.2) is 0 Å². The summed E-state index contributed by atoms with van der Waals surface area (Å²) in [6.07, 6.45) is 10.8. The zero-order valence-corrected chi connectivity index (χ0v) is 34.4. The molecule has 0 aromatic carbocycles. The van der Waals surface area contributed by atoms with E-state index in [1.807, 2.05) is 27.7 Å². The number of aliphatic carboxylic acids is 2. The van der Waals surface area contributed by atoms with E-state index in [-0.39, 0.29) is 57.5 Å². The van der Waals surface area contributed by atoms with E-state index in [1.165, 1.54) is 5.57 Å². The predicted octanol–water partition coefficient (Wildman–Crippen LogP) is 8.92. The molecular weight excluding hydrogens is 666 g/mol. The number of esters is 1. The predicted molar refractivity (Wildman–Crippen MR) is 203 cm³/mol. The fourth-order valence-electron chi connectivity index (χ4n) is 15.6. The summed E-state index contributed by atoms with van der Waals surface area (Å²) in [5, 5.41) is 22.9. The molecule has 8 heteroatoms. The summed E-state index contributed by atoms with van der Waals surface area (Å²) in [5.41, 5.74) is -0.226. The highest BCUT2D eigenvalue weighted by atomic mass is 16.5. The van der Waals surface area contributed by atoms with Crippen LogP contribution in [0, 0.1) is 85.2 Å². The summed E-state index contributed by atoms with van der Waals surface area (Å²) >= 11 is 0. The van der Waals surface area contributed by atoms with Gasteiger partial charge in [-0.2, -0.15) is 0 Å². The number of amides is 1. The number of fused-ring (bicyclic) bond motifs is 7. The minimum atomic E-state index is -0.829. The van der Waals surface area contributed by atoms with Gasteiger partial charge in [-0.1, -0.05) is 74.5 Å². The lowest BCUT2D eigenvalue weighted by molar-refractivity contribution is -0.251. The molecule has 0 aromatic heterocycles. The van der Waals surface area contributed by atoms with Crippen LogP contribution in [0.25, 0.3) is 0 Å². The van der Waals surface area contributed by atoms with E-state index in [1.54, 1.807) is 0 Å². The third-order valence-electron chi connectivity index (χ3n) is 19.4. The van der Waals surface area contributed by atoms with Crippen LogP contribution in [0.5, 0.6) is 0 Å². The van der Waals surface area contributed by atoms with Gasteiger partial charge in [-0.3, -0.25) is 19.2 Å². The molecule has 0 aliphatic heterocycles. The van der Waals surface area contributed by atoms with Crippen LogP contribution in [0.15, 0.2) is 12.2 Å². The summed E-state index contributed by atoms with van der Waals surface area (Å²) in [6.45, 7) is 26.8. The van der Waals surface area contributed by atoms with Crippen molar-refractivity contribution in [3.8, 4) is 0 Å². The monoisotopic (exact) mass is 736 g/mol. The van der Waals surface area contributed by atoms with E-state index >= 15 is 0 Å². The maximum Gasteiger partial charge on any atom is 0.309 e. The van der Waals surface area contributed by atoms with Gasteiger partial charge in [0.2, 0.25) is 5.91 Å². The molecule has 53 heavy (non-hydrogen) atoms. The summed E-state index contributed by atoms with van der Waals surface area (Å²) in [5.74, 6) is -1.06. The van der Waals surface area contributed by atoms with Crippen LogP contribution in [0.2, 0.25) is 0 Å². The molecule has 8 nitrogen and oxygen atoms in total. The average molecular weight is 736 g/mol. The lowest BCUT2D eigenvalue weighted by Gasteiger charge is -2.73. The van der Waals surface area contributed by atoms with Crippen molar-refractivity contribution in [1.29, 1.82) is 0 Å². The normalized spacial score (nSPS) is 48.6. The van der Waals surface area contributed by atoms with Crippen molar-refractivity contribution in [1.82, 2.24) is 5.32 Å². The van der Waals surface area contributed by atoms with Crippen LogP contribution >= 0.6 is 0 Å². The fraction of sp³-hybridized carbons (Fsp3) is 0.867. The van der Waals surface area contributed by atoms with Gasteiger partial charge in [0, 0.05) is 11.5 Å². The molecule has 3 N–H and O–H groups in total. The number of carbonyl (C=O) groups is 4. The largest absolute Gasteiger partial charge is 0.481 e. The Morgan fingerprint density at radius 1 is 0.660 bits per heavy atom. The van der Waals surface area contributed by atoms with Gasteiger partial charge < -0.3 is 20.3 Å². The molecule has 1 unspecified atom stereocenters. The number of carboxylic acids is 2. The first kappa shape index (κ1) is 38.9. The molecule has 7 rings (SSSR count). The van der Waals surface area contributed by atoms with Crippen molar-refractivity contribution in [3.63, 3.8) is 0 Å². The van der Waals surface area contributed by atoms with Crippen molar-refractivity contribution in [2.45, 2.75) is 158 Å². The topological polar surface area (TPSA) is 130 Å². The summed E-state index contributed by atoms with van der Waals surface area (Å²) < 4.78 is 6.41. The quantitative estimate of drug-likeness (QED) is 0.176. The van der Waals surface area contributed by atoms with Crippen molar-refractivity contribution >= 4 is 23.8 Å². The number of rotatable bonds is 7. The van der Waals surface area contributed by atoms with Crippen LogP contribution < -0.4 is 5.32 Å². The van der Waals surface area contributed by atoms with Crippen LogP contribution in [0.1, 0.15) is 146 Å². The van der Waals surface area contributed by atoms with Gasteiger partial charge in [0.15, 0.2) is 0 Å². The van der Waals surface area contributed by atoms with E-state index in [4.69, 9.17) is 4.74 Å². The van der Waals surface area contributed by atoms with Gasteiger partial charge in [-0.15, -0.1) is 0 Å². The lowest BCUT2D eigenvalue weighted by atomic mass is 9.32. The Hall–Kier alpha value is -2.38. The first-order valence-electron chi connectivity index (χ1n) is 21.0. The minimum Gasteiger partial charge on any atom is -0.481 e. The smallest absolute Gasteiger partial charge is 0.309 e. The number of carboxylic acid groups (broad SMARTS) is 2. The van der Waals surface area contributed by atoms with E-state index in [9.17, 15) is 29.4 Å². The van der Waals surface area contributed by atoms with Gasteiger partial charge in [0.05, 0.1) is 23.2 Å². The highest BCUT2D eigenvalue weighted by Crippen LogP contribution is 2.77. The molecule has 7 saturated carbocycles. The highest BCUT2D eigenvalue weighted by molar-refractivity contribution is 5.85. The zero-order valence-electron chi connectivity index (χ0n) is 34.4. The Morgan fingerprint density at radius 2 is 1.30 bits per heavy atom. The first-order chi connectivity index (χ1) is 24.4. The third-order valence-corrected chi connectivity index (χ3v) is 19.4. The molecule has 7 fully saturated rings. The molecular formula is C45H69NO7. The Kier molecular flexibility index (Phi) is 8.85. The van der Waals surface area contributed by atoms with Crippen molar-refractivity contribution in [2.24, 2.45) is 85.2 Å². The summed E-state index contributed by atoms with van der Waals surface area (Å²) in [4.78, 5) is 52.0. The Morgan fingerprint density at radius 3 is 1.89 bits per heavy atom. The fourth-order valence-corrected chi connectivity index (χ4v) is 15.6. The molecule has 14 atom stereocenters. The molecule has 7 aliphatic carbocycles. The molecule has 7 aliphatic rings. The van der Waals surface area contributed by atoms with Crippen molar-refractivity contribution < 1.29 is 34.1 Å². The molecule has 0 radical (unpaired) electrons. The van der Waals surface area contributed by atoms with Crippen molar-refractivity contribution in [3.05, 3.63) is 12.2 Å². The third kappa shape index (κ3) is 5.09. The second-order valence-electron chi connectivity index (χ2n) is 22.1. The van der Waals surface area contributed by atoms with Crippen LogP contribution in [-0.2, 0) is 23.9 Å². The number of hydrogen-bond acceptors (Lipinski definition) is 5. The number of ether oxygens (including phenoxy) is 1. The first-order valence-corrected chi connectivity index (χ1v) is 21.0. The molecule has 0 heterocycles. The SMILES string of the molecule is C=C(C)[C@@H]1CC[C@]2(C(=O)NC3C[C@H](C(=O)O)C3(C)C)CC[C@]3(C)[C@H](CC[C@@H]4[C@@]5(C)CC[C@H](OC(=O)[C@H]6C[C@@H](C(=O)O)C6(C)C)C(C)(C)[C@@H]5CC[C@]43C)[C@@H]12. The Labute approximate surface area is 318 Å². The van der Waals surface area contributed by atoms with Crippen LogP contribution in [0.4, 0.5) is 0 Å². The molecule has 0 saturated heterocycles. The molecule has 0 spiro atoms. The number of nitrogens with one attached hydrogen (secondary N) is 1. The average Bonchev–Trinajstić information content (AvgIpc) is 3.45.